The van der Waals surface area contributed by atoms with Gasteiger partial charge in [-0.3, -0.25) is 10.2 Å². The maximum Gasteiger partial charge on any atom is 0.283 e. The minimum absolute atomic E-state index is 0.00907. The van der Waals surface area contributed by atoms with E-state index >= 15 is 0 Å². The fourth-order valence-electron chi connectivity index (χ4n) is 3.19. The molecule has 0 atom stereocenters. The van der Waals surface area contributed by atoms with Crippen molar-refractivity contribution in [3.05, 3.63) is 58.1 Å². The molecule has 2 aliphatic rings. The molecule has 2 heterocycles. The summed E-state index contributed by atoms with van der Waals surface area (Å²) < 4.78 is 40.2. The number of rotatable bonds is 7. The smallest absolute Gasteiger partial charge is 0.283 e. The average molecular weight is 549 g/mol. The first kappa shape index (κ1) is 25.7. The molecule has 0 bridgehead atoms. The van der Waals surface area contributed by atoms with Gasteiger partial charge in [-0.1, -0.05) is 29.3 Å². The van der Waals surface area contributed by atoms with Crippen LogP contribution in [0.4, 0.5) is 0 Å². The minimum atomic E-state index is -3.62. The lowest BCUT2D eigenvalue weighted by Gasteiger charge is -2.20. The highest BCUT2D eigenvalue weighted by Gasteiger charge is 2.38. The molecule has 0 radical (unpaired) electrons. The maximum absolute atomic E-state index is 12.6. The van der Waals surface area contributed by atoms with Gasteiger partial charge in [-0.05, 0) is 54.6 Å². The monoisotopic (exact) mass is 548 g/mol. The fraction of sp³-hybridized carbons (Fsp3) is 0.217. The van der Waals surface area contributed by atoms with Crippen molar-refractivity contribution in [2.45, 2.75) is 6.92 Å². The number of nitrogens with zero attached hydrogens (tertiary/aromatic N) is 3. The number of aryl methyl sites for hydroxylation is 1. The van der Waals surface area contributed by atoms with E-state index in [9.17, 15) is 13.2 Å². The number of benzene rings is 2. The third kappa shape index (κ3) is 5.55. The van der Waals surface area contributed by atoms with Crippen molar-refractivity contribution in [1.29, 1.82) is 5.41 Å². The Kier molecular flexibility index (Phi) is 7.38. The van der Waals surface area contributed by atoms with E-state index in [4.69, 9.17) is 31.2 Å². The van der Waals surface area contributed by atoms with Crippen molar-refractivity contribution in [2.75, 3.05) is 26.6 Å². The van der Waals surface area contributed by atoms with E-state index in [-0.39, 0.29) is 39.2 Å². The summed E-state index contributed by atoms with van der Waals surface area (Å²) in [5.41, 5.74) is 1.50. The highest BCUT2D eigenvalue weighted by atomic mass is 35.5. The van der Waals surface area contributed by atoms with Gasteiger partial charge in [0.1, 0.15) is 19.0 Å². The molecule has 1 amide bonds. The zero-order valence-electron chi connectivity index (χ0n) is 19.4. The zero-order valence-corrected chi connectivity index (χ0v) is 21.8. The SMILES string of the molecule is COc1cc(/C=C2/C(=N)N3N=C(S(C)(=O)=O)SC3=NC2=O)cc(Cl)c1OCCOc1ccc(C)cc1. The maximum atomic E-state index is 12.6. The van der Waals surface area contributed by atoms with Gasteiger partial charge >= 0.3 is 0 Å². The Balaban J connectivity index is 1.51. The molecule has 0 fully saturated rings. The quantitative estimate of drug-likeness (QED) is 0.409. The number of amides is 1. The van der Waals surface area contributed by atoms with Gasteiger partial charge < -0.3 is 14.2 Å². The van der Waals surface area contributed by atoms with Crippen LogP contribution in [0.3, 0.4) is 0 Å². The second-order valence-corrected chi connectivity index (χ2v) is 11.3. The average Bonchev–Trinajstić information content (AvgIpc) is 3.26. The number of aliphatic imine (C=N–C) groups is 1. The van der Waals surface area contributed by atoms with Crippen molar-refractivity contribution in [2.24, 2.45) is 10.1 Å². The molecule has 1 N–H and O–H groups in total. The zero-order chi connectivity index (χ0) is 26.0. The number of carbonyl (C=O) groups is 1. The minimum Gasteiger partial charge on any atom is -0.493 e. The topological polar surface area (TPSA) is 131 Å². The molecule has 0 unspecified atom stereocenters. The highest BCUT2D eigenvalue weighted by molar-refractivity contribution is 8.42. The van der Waals surface area contributed by atoms with Crippen LogP contribution in [0, 0.1) is 12.3 Å². The Morgan fingerprint density at radius 1 is 1.17 bits per heavy atom. The van der Waals surface area contributed by atoms with Gasteiger partial charge in [0, 0.05) is 6.26 Å². The van der Waals surface area contributed by atoms with Crippen LogP contribution < -0.4 is 14.2 Å². The highest BCUT2D eigenvalue weighted by Crippen LogP contribution is 2.38. The Labute approximate surface area is 217 Å². The van der Waals surface area contributed by atoms with Crippen molar-refractivity contribution in [3.63, 3.8) is 0 Å². The van der Waals surface area contributed by atoms with E-state index in [1.807, 2.05) is 31.2 Å². The van der Waals surface area contributed by atoms with E-state index in [0.29, 0.717) is 17.1 Å². The van der Waals surface area contributed by atoms with Crippen LogP contribution in [0.15, 0.2) is 52.1 Å². The van der Waals surface area contributed by atoms with Crippen LogP contribution in [0.25, 0.3) is 6.08 Å². The molecule has 2 aromatic rings. The molecule has 36 heavy (non-hydrogen) atoms. The Morgan fingerprint density at radius 3 is 2.53 bits per heavy atom. The molecule has 10 nitrogen and oxygen atoms in total. The van der Waals surface area contributed by atoms with E-state index in [1.54, 1.807) is 12.1 Å². The number of halogens is 1. The Hall–Kier alpha value is -3.35. The predicted molar refractivity (Wildman–Crippen MR) is 140 cm³/mol. The number of hydrogen-bond acceptors (Lipinski definition) is 9. The van der Waals surface area contributed by atoms with Gasteiger partial charge in [-0.2, -0.15) is 10.0 Å². The molecular formula is C23H21ClN4O6S2. The van der Waals surface area contributed by atoms with E-state index in [2.05, 4.69) is 10.1 Å². The largest absolute Gasteiger partial charge is 0.493 e. The number of thioether (sulfide) groups is 1. The molecule has 2 aromatic carbocycles. The van der Waals surface area contributed by atoms with E-state index in [0.717, 1.165) is 34.3 Å². The summed E-state index contributed by atoms with van der Waals surface area (Å²) in [6, 6.07) is 10.8. The number of hydrogen-bond donors (Lipinski definition) is 1. The number of hydrazone groups is 1. The van der Waals surface area contributed by atoms with Crippen LogP contribution in [0.1, 0.15) is 11.1 Å². The van der Waals surface area contributed by atoms with Crippen LogP contribution in [-0.4, -0.2) is 61.3 Å². The third-order valence-electron chi connectivity index (χ3n) is 4.94. The van der Waals surface area contributed by atoms with Crippen LogP contribution in [-0.2, 0) is 14.6 Å². The van der Waals surface area contributed by atoms with Gasteiger partial charge in [0.15, 0.2) is 17.3 Å². The van der Waals surface area contributed by atoms with Crippen molar-refractivity contribution < 1.29 is 27.4 Å². The number of nitrogens with one attached hydrogen (secondary N) is 1. The summed E-state index contributed by atoms with van der Waals surface area (Å²) >= 11 is 7.15. The van der Waals surface area contributed by atoms with Crippen molar-refractivity contribution >= 4 is 60.6 Å². The first-order chi connectivity index (χ1) is 17.1. The number of methoxy groups -OCH3 is 1. The second kappa shape index (κ2) is 10.3. The molecule has 13 heteroatoms. The number of amidine groups is 2. The first-order valence-corrected chi connectivity index (χ1v) is 13.6. The molecule has 0 aliphatic carbocycles. The molecular weight excluding hydrogens is 528 g/mol. The lowest BCUT2D eigenvalue weighted by atomic mass is 10.1. The normalized spacial score (nSPS) is 16.6. The van der Waals surface area contributed by atoms with E-state index in [1.165, 1.54) is 13.2 Å². The molecule has 0 saturated heterocycles. The number of ether oxygens (including phenoxy) is 3. The summed E-state index contributed by atoms with van der Waals surface area (Å²) in [7, 11) is -2.17. The molecule has 2 aliphatic heterocycles. The van der Waals surface area contributed by atoms with Gasteiger partial charge in [0.2, 0.25) is 19.4 Å². The van der Waals surface area contributed by atoms with Gasteiger partial charge in [-0.15, -0.1) is 5.10 Å². The van der Waals surface area contributed by atoms with Gasteiger partial charge in [0.05, 0.1) is 17.7 Å². The molecule has 0 aromatic heterocycles. The fourth-order valence-corrected chi connectivity index (χ4v) is 5.15. The summed E-state index contributed by atoms with van der Waals surface area (Å²) in [5.74, 6) is 0.335. The van der Waals surface area contributed by atoms with Crippen LogP contribution >= 0.6 is 23.4 Å². The van der Waals surface area contributed by atoms with Gasteiger partial charge in [-0.25, -0.2) is 8.42 Å². The number of carbonyl (C=O) groups excluding carboxylic acids is 1. The molecule has 0 spiro atoms. The number of fused-ring (bicyclic) bond motifs is 1. The molecule has 0 saturated carbocycles. The lowest BCUT2D eigenvalue weighted by molar-refractivity contribution is -0.114. The summed E-state index contributed by atoms with van der Waals surface area (Å²) in [5, 5.41) is 13.5. The Morgan fingerprint density at radius 2 is 1.86 bits per heavy atom. The van der Waals surface area contributed by atoms with Crippen LogP contribution in [0.2, 0.25) is 5.02 Å². The van der Waals surface area contributed by atoms with Crippen molar-refractivity contribution in [1.82, 2.24) is 5.01 Å². The summed E-state index contributed by atoms with van der Waals surface area (Å²) in [4.78, 5) is 16.5. The van der Waals surface area contributed by atoms with Crippen LogP contribution in [0.5, 0.6) is 17.2 Å². The third-order valence-corrected chi connectivity index (χ3v) is 7.79. The molecule has 4 rings (SSSR count). The summed E-state index contributed by atoms with van der Waals surface area (Å²) in [6.45, 7) is 2.48. The number of sulfone groups is 1. The Bertz CT molecular complexity index is 1440. The molecule has 188 valence electrons. The predicted octanol–water partition coefficient (Wildman–Crippen LogP) is 3.74. The summed E-state index contributed by atoms with van der Waals surface area (Å²) in [6.07, 6.45) is 2.40. The van der Waals surface area contributed by atoms with Gasteiger partial charge in [0.25, 0.3) is 5.91 Å². The van der Waals surface area contributed by atoms with Crippen molar-refractivity contribution in [3.8, 4) is 17.2 Å². The van der Waals surface area contributed by atoms with E-state index < -0.39 is 15.7 Å². The standard InChI is InChI=1S/C23H21ClN4O6S2/c1-13-4-6-15(7-5-13)33-8-9-34-19-17(24)11-14(12-18(19)32-2)10-16-20(25)28-22(26-21(16)29)35-23(27-28)36(3,30)31/h4-7,10-12,25H,8-9H2,1-3H3/b16-10-,25-20?. The lowest BCUT2D eigenvalue weighted by Crippen LogP contribution is -2.35. The second-order valence-electron chi connectivity index (χ2n) is 7.70. The first-order valence-electron chi connectivity index (χ1n) is 10.5.